The Kier molecular flexibility index (Phi) is 37.4. The molecule has 0 atom stereocenters. The lowest BCUT2D eigenvalue weighted by Gasteiger charge is -2.23. The third-order valence-electron chi connectivity index (χ3n) is 15.3. The average Bonchev–Trinajstić information content (AvgIpc) is 0.840. The molecule has 13 rings (SSSR count). The van der Waals surface area contributed by atoms with E-state index in [1.807, 2.05) is 78.9 Å². The average molecular weight is 1770 g/mol. The van der Waals surface area contributed by atoms with E-state index in [4.69, 9.17) is 19.3 Å². The lowest BCUT2D eigenvalue weighted by Crippen LogP contribution is -2.33. The van der Waals surface area contributed by atoms with Crippen molar-refractivity contribution in [2.24, 2.45) is 0 Å². The van der Waals surface area contributed by atoms with Gasteiger partial charge in [-0.1, -0.05) is 249 Å². The second-order valence-corrected chi connectivity index (χ2v) is 36.6. The highest BCUT2D eigenvalue weighted by Crippen LogP contribution is 2.36. The van der Waals surface area contributed by atoms with Crippen LogP contribution in [0, 0.1) is 0 Å². The first-order valence-electron chi connectivity index (χ1n) is 35.5. The number of aliphatic hydroxyl groups is 1. The van der Waals surface area contributed by atoms with Crippen LogP contribution in [0.2, 0.25) is 0 Å². The van der Waals surface area contributed by atoms with Crippen LogP contribution >= 0.6 is 0 Å². The molecule has 0 aromatic heterocycles. The number of rotatable bonds is 26. The molecule has 13 aromatic carbocycles. The van der Waals surface area contributed by atoms with Crippen molar-refractivity contribution < 1.29 is 109 Å². The SMILES string of the molecule is COS(=O)(=O)[O-].C[N+](C)(C)Cc1ccccc1.O=S(=O)([N-]S(=O)(=O)C(F)(F)F)OCCOc1cccc2ccccc12.O=S(=O)([N-]S(=O)(=O)C(F)(F)F)OCCOc1cccc2ccccc12.OCCOc1cccc2ccccc12.c1ccc([S+](c2ccccc2)c2ccccc2)cc1.c1ccc([S+](c2ccccc2)c2ccccc2)cc1. The van der Waals surface area contributed by atoms with Gasteiger partial charge in [-0.15, -0.1) is 0 Å². The molecule has 630 valence electrons. The molecular weight excluding hydrogens is 1690 g/mol. The molecule has 0 unspecified atom stereocenters. The Balaban J connectivity index is 0.000000197. The van der Waals surface area contributed by atoms with Crippen molar-refractivity contribution in [1.82, 2.24) is 0 Å². The smallest absolute Gasteiger partial charge is 0.480 e. The number of sulfonamides is 2. The molecule has 0 bridgehead atoms. The monoisotopic (exact) mass is 1770 g/mol. The van der Waals surface area contributed by atoms with E-state index in [-0.39, 0.29) is 41.6 Å². The Hall–Kier alpha value is -10.3. The van der Waals surface area contributed by atoms with Crippen LogP contribution in [-0.4, -0.2) is 135 Å². The second kappa shape index (κ2) is 46.4. The van der Waals surface area contributed by atoms with E-state index in [2.05, 4.69) is 246 Å². The predicted octanol–water partition coefficient (Wildman–Crippen LogP) is 18.2. The molecule has 0 aliphatic rings. The number of hydrogen-bond acceptors (Lipinski definition) is 18. The summed E-state index contributed by atoms with van der Waals surface area (Å²) in [5.41, 5.74) is -10.3. The van der Waals surface area contributed by atoms with E-state index in [9.17, 15) is 73.0 Å². The van der Waals surface area contributed by atoms with E-state index in [1.54, 1.807) is 56.8 Å². The van der Waals surface area contributed by atoms with Gasteiger partial charge >= 0.3 is 11.0 Å². The fourth-order valence-electron chi connectivity index (χ4n) is 10.4. The molecule has 21 nitrogen and oxygen atoms in total. The van der Waals surface area contributed by atoms with Crippen molar-refractivity contribution in [3.8, 4) is 17.2 Å². The maximum atomic E-state index is 12.1. The fourth-order valence-corrected chi connectivity index (χ4v) is 18.1. The van der Waals surface area contributed by atoms with Crippen molar-refractivity contribution >= 4 is 105 Å². The molecule has 0 fully saturated rings. The van der Waals surface area contributed by atoms with Crippen molar-refractivity contribution in [1.29, 1.82) is 0 Å². The molecule has 0 aliphatic carbocycles. The Bertz CT molecular complexity index is 5360. The highest BCUT2D eigenvalue weighted by molar-refractivity contribution is 8.11. The van der Waals surface area contributed by atoms with Crippen LogP contribution in [-0.2, 0) is 91.9 Å². The molecule has 0 aliphatic heterocycles. The summed E-state index contributed by atoms with van der Waals surface area (Å²) in [6.45, 7) is -0.660. The number of benzene rings is 13. The molecule has 0 heterocycles. The number of ether oxygens (including phenoxy) is 3. The first-order chi connectivity index (χ1) is 56.5. The maximum Gasteiger partial charge on any atom is 0.480 e. The van der Waals surface area contributed by atoms with Gasteiger partial charge in [0.2, 0.25) is 31.0 Å². The standard InChI is InChI=1S/2C18H15S.2C13H11F3NO6S2.C12H12O2.C10H16N.CH4O4S/c2*1-4-10-16(11-5-1)19(17-12-6-2-7-13-17)18-14-8-3-9-15-18;2*14-13(15,16)24(18,19)17-25(20,21)23-9-8-22-12-7-3-5-10-4-1-2-6-11(10)12;13-8-9-14-12-7-3-5-10-4-1-2-6-11(10)12;1-11(2,3)9-10-7-5-4-6-8-10;1-5-6(2,3)4/h2*1-15H;2*1-7H,8-9H2;1-7,13H,8-9H2;4-8H,9H2,1-3H3;1H3,(H,2,3,4)/q2*+1;2*-1;;+1;/p-1. The van der Waals surface area contributed by atoms with E-state index in [0.717, 1.165) is 56.2 Å². The zero-order chi connectivity index (χ0) is 86.6. The lowest BCUT2D eigenvalue weighted by molar-refractivity contribution is -0.884. The van der Waals surface area contributed by atoms with Gasteiger partial charge in [0.15, 0.2) is 49.4 Å². The number of quaternary nitrogens is 1. The number of fused-ring (bicyclic) bond motifs is 3. The lowest BCUT2D eigenvalue weighted by atomic mass is 10.1. The summed E-state index contributed by atoms with van der Waals surface area (Å²) in [5, 5.41) is 14.1. The minimum Gasteiger partial charge on any atom is -0.726 e. The minimum atomic E-state index is -6.20. The first-order valence-corrected chi connectivity index (χ1v) is 44.9. The van der Waals surface area contributed by atoms with E-state index < -0.39 is 75.3 Å². The Morgan fingerprint density at radius 3 is 0.798 bits per heavy atom. The molecule has 0 amide bonds. The van der Waals surface area contributed by atoms with E-state index in [1.165, 1.54) is 34.9 Å². The Morgan fingerprint density at radius 2 is 0.563 bits per heavy atom. The van der Waals surface area contributed by atoms with Crippen LogP contribution in [0.15, 0.2) is 369 Å². The number of nitrogens with zero attached hydrogens (tertiary/aromatic N) is 3. The normalized spacial score (nSPS) is 11.7. The van der Waals surface area contributed by atoms with E-state index >= 15 is 0 Å². The third kappa shape index (κ3) is 33.1. The summed E-state index contributed by atoms with van der Waals surface area (Å²) in [6, 6.07) is 113. The van der Waals surface area contributed by atoms with Crippen LogP contribution in [0.3, 0.4) is 0 Å². The van der Waals surface area contributed by atoms with Gasteiger partial charge in [-0.25, -0.2) is 42.1 Å². The molecule has 0 saturated heterocycles. The number of aliphatic hydroxyl groups excluding tert-OH is 1. The van der Waals surface area contributed by atoms with Gasteiger partial charge in [-0.3, -0.25) is 12.5 Å². The highest BCUT2D eigenvalue weighted by Gasteiger charge is 2.42. The van der Waals surface area contributed by atoms with Gasteiger partial charge in [0.25, 0.3) is 0 Å². The highest BCUT2D eigenvalue weighted by atomic mass is 32.3. The summed E-state index contributed by atoms with van der Waals surface area (Å²) in [5.74, 6) is 1.63. The van der Waals surface area contributed by atoms with Crippen molar-refractivity contribution in [2.75, 3.05) is 67.9 Å². The summed E-state index contributed by atoms with van der Waals surface area (Å²) in [7, 11) is -20.0. The summed E-state index contributed by atoms with van der Waals surface area (Å²) >= 11 is 0. The molecule has 0 spiro atoms. The zero-order valence-electron chi connectivity index (χ0n) is 64.1. The van der Waals surface area contributed by atoms with Crippen LogP contribution < -0.4 is 14.2 Å². The van der Waals surface area contributed by atoms with Gasteiger partial charge in [-0.2, -0.15) is 26.3 Å². The number of hydrogen-bond donors (Lipinski definition) is 1. The van der Waals surface area contributed by atoms with Gasteiger partial charge in [0.1, 0.15) is 43.6 Å². The van der Waals surface area contributed by atoms with Crippen LogP contribution in [0.4, 0.5) is 26.3 Å². The molecule has 34 heteroatoms. The Labute approximate surface area is 695 Å². The van der Waals surface area contributed by atoms with Gasteiger partial charge in [0.05, 0.1) is 69.9 Å². The van der Waals surface area contributed by atoms with Gasteiger partial charge < -0.3 is 36.6 Å². The van der Waals surface area contributed by atoms with E-state index in [0.29, 0.717) is 18.1 Å². The number of alkyl halides is 6. The minimum absolute atomic E-state index is 0.0146. The van der Waals surface area contributed by atoms with Gasteiger partial charge in [0, 0.05) is 21.7 Å². The quantitative estimate of drug-likeness (QED) is 0.0131. The van der Waals surface area contributed by atoms with Crippen molar-refractivity contribution in [2.45, 2.75) is 46.9 Å². The van der Waals surface area contributed by atoms with Gasteiger partial charge in [-0.05, 0) is 107 Å². The second-order valence-electron chi connectivity index (χ2n) is 25.2. The molecule has 13 aromatic rings. The molecule has 119 heavy (non-hydrogen) atoms. The predicted molar refractivity (Wildman–Crippen MR) is 450 cm³/mol. The largest absolute Gasteiger partial charge is 0.726 e. The number of halogens is 6. The summed E-state index contributed by atoms with van der Waals surface area (Å²) in [4.78, 5) is 8.17. The molecule has 1 N–H and O–H groups in total. The maximum absolute atomic E-state index is 12.1. The van der Waals surface area contributed by atoms with Crippen molar-refractivity contribution in [3.05, 3.63) is 354 Å². The van der Waals surface area contributed by atoms with Crippen LogP contribution in [0.1, 0.15) is 5.56 Å². The topological polar surface area (TPSA) is 298 Å². The Morgan fingerprint density at radius 1 is 0.336 bits per heavy atom. The first kappa shape index (κ1) is 95.9. The molecule has 0 saturated carbocycles. The molecular formula is C85H83F6N3O18S7. The zero-order valence-corrected chi connectivity index (χ0v) is 69.9. The third-order valence-corrected chi connectivity index (χ3v) is 25.3. The molecule has 0 radical (unpaired) electrons. The van der Waals surface area contributed by atoms with Crippen LogP contribution in [0.5, 0.6) is 17.2 Å². The van der Waals surface area contributed by atoms with Crippen molar-refractivity contribution in [3.63, 3.8) is 0 Å². The van der Waals surface area contributed by atoms with Crippen LogP contribution in [0.25, 0.3) is 40.6 Å². The summed E-state index contributed by atoms with van der Waals surface area (Å²) in [6.07, 6.45) is 0. The fraction of sp³-hybridized carbons (Fsp3) is 0.153. The summed E-state index contributed by atoms with van der Waals surface area (Å²) < 4.78 is 220.